The normalized spacial score (nSPS) is 14.0. The molecule has 12 heteroatoms. The molecule has 0 fully saturated rings. The van der Waals surface area contributed by atoms with Crippen LogP contribution in [0.15, 0.2) is 97.2 Å². The fourth-order valence-corrected chi connectivity index (χ4v) is 9.09. The highest BCUT2D eigenvalue weighted by Crippen LogP contribution is 2.43. The van der Waals surface area contributed by atoms with Crippen LogP contribution >= 0.6 is 7.82 Å². The molecule has 0 bridgehead atoms. The zero-order chi connectivity index (χ0) is 56.9. The number of carbonyl (C=O) groups is 3. The Balaban J connectivity index is 4.75. The van der Waals surface area contributed by atoms with Gasteiger partial charge in [0.1, 0.15) is 12.7 Å². The number of hydrogen-bond acceptors (Lipinski definition) is 10. The number of phosphoric acid groups is 1. The van der Waals surface area contributed by atoms with E-state index in [0.717, 1.165) is 103 Å². The van der Waals surface area contributed by atoms with Crippen LogP contribution in [0.4, 0.5) is 0 Å². The minimum absolute atomic E-state index is 0.0365. The first-order valence-electron chi connectivity index (χ1n) is 31.1. The van der Waals surface area contributed by atoms with Crippen molar-refractivity contribution in [3.05, 3.63) is 97.2 Å². The average Bonchev–Trinajstić information content (AvgIpc) is 3.43. The number of ether oxygens (including phenoxy) is 3. The highest BCUT2D eigenvalue weighted by molar-refractivity contribution is 7.47. The van der Waals surface area contributed by atoms with E-state index in [2.05, 4.69) is 106 Å². The van der Waals surface area contributed by atoms with Crippen LogP contribution in [0.2, 0.25) is 0 Å². The van der Waals surface area contributed by atoms with E-state index in [1.807, 2.05) is 12.2 Å². The van der Waals surface area contributed by atoms with Gasteiger partial charge in [-0.05, 0) is 83.5 Å². The van der Waals surface area contributed by atoms with E-state index >= 15 is 0 Å². The summed E-state index contributed by atoms with van der Waals surface area (Å²) in [6.07, 6.45) is 71.0. The van der Waals surface area contributed by atoms with Crippen molar-refractivity contribution in [2.45, 2.75) is 277 Å². The lowest BCUT2D eigenvalue weighted by Crippen LogP contribution is -2.30. The zero-order valence-corrected chi connectivity index (χ0v) is 50.5. The Bertz CT molecular complexity index is 1680. The molecule has 0 aliphatic heterocycles. The molecule has 0 saturated carbocycles. The maximum atomic E-state index is 12.9. The van der Waals surface area contributed by atoms with Crippen molar-refractivity contribution in [3.8, 4) is 0 Å². The summed E-state index contributed by atoms with van der Waals surface area (Å²) in [5.74, 6) is -1.58. The molecule has 0 saturated heterocycles. The Morgan fingerprint density at radius 2 is 0.718 bits per heavy atom. The third-order valence-corrected chi connectivity index (χ3v) is 13.9. The van der Waals surface area contributed by atoms with Gasteiger partial charge in [0.15, 0.2) is 6.10 Å². The third-order valence-electron chi connectivity index (χ3n) is 13.0. The van der Waals surface area contributed by atoms with Crippen molar-refractivity contribution >= 4 is 25.7 Å². The van der Waals surface area contributed by atoms with Crippen LogP contribution < -0.4 is 0 Å². The van der Waals surface area contributed by atoms with Crippen molar-refractivity contribution in [2.75, 3.05) is 26.4 Å². The summed E-state index contributed by atoms with van der Waals surface area (Å²) in [5.41, 5.74) is 0. The Morgan fingerprint density at radius 1 is 0.372 bits per heavy atom. The van der Waals surface area contributed by atoms with Gasteiger partial charge >= 0.3 is 25.7 Å². The highest BCUT2D eigenvalue weighted by Gasteiger charge is 2.28. The van der Waals surface area contributed by atoms with Gasteiger partial charge in [-0.25, -0.2) is 4.57 Å². The highest BCUT2D eigenvalue weighted by atomic mass is 31.2. The van der Waals surface area contributed by atoms with Crippen LogP contribution in [0.5, 0.6) is 0 Å². The lowest BCUT2D eigenvalue weighted by Gasteiger charge is -2.21. The molecule has 0 aliphatic carbocycles. The topological polar surface area (TPSA) is 155 Å². The molecule has 0 aromatic carbocycles. The van der Waals surface area contributed by atoms with Crippen LogP contribution in [0.25, 0.3) is 0 Å². The lowest BCUT2D eigenvalue weighted by atomic mass is 10.0. The number of carbonyl (C=O) groups excluding carboxylic acids is 3. The summed E-state index contributed by atoms with van der Waals surface area (Å²) in [4.78, 5) is 48.6. The summed E-state index contributed by atoms with van der Waals surface area (Å²) >= 11 is 0. The van der Waals surface area contributed by atoms with E-state index in [0.29, 0.717) is 25.7 Å². The van der Waals surface area contributed by atoms with Crippen LogP contribution in [-0.2, 0) is 42.2 Å². The maximum Gasteiger partial charge on any atom is 0.472 e. The van der Waals surface area contributed by atoms with Gasteiger partial charge in [-0.3, -0.25) is 23.4 Å². The molecule has 0 heterocycles. The summed E-state index contributed by atoms with van der Waals surface area (Å²) in [5, 5.41) is 9.85. The van der Waals surface area contributed by atoms with E-state index in [1.165, 1.54) is 96.3 Å². The predicted octanol–water partition coefficient (Wildman–Crippen LogP) is 18.8. The van der Waals surface area contributed by atoms with Crippen LogP contribution in [-0.4, -0.2) is 66.5 Å². The van der Waals surface area contributed by atoms with Gasteiger partial charge in [-0.15, -0.1) is 0 Å². The minimum atomic E-state index is -4.78. The number of phosphoric ester groups is 1. The molecule has 11 nitrogen and oxygen atoms in total. The maximum absolute atomic E-state index is 12.9. The quantitative estimate of drug-likeness (QED) is 0.0197. The average molecular weight is 1110 g/mol. The zero-order valence-electron chi connectivity index (χ0n) is 49.6. The first-order valence-corrected chi connectivity index (χ1v) is 32.6. The van der Waals surface area contributed by atoms with Gasteiger partial charge in [0.05, 0.1) is 19.8 Å². The third kappa shape index (κ3) is 57.1. The smallest absolute Gasteiger partial charge is 0.462 e. The summed E-state index contributed by atoms with van der Waals surface area (Å²) in [7, 11) is -4.78. The van der Waals surface area contributed by atoms with Crippen molar-refractivity contribution in [3.63, 3.8) is 0 Å². The minimum Gasteiger partial charge on any atom is -0.462 e. The van der Waals surface area contributed by atoms with Crippen LogP contribution in [0, 0.1) is 0 Å². The SMILES string of the molecule is CC/C=C\C/C=C\C/C=C\C/C=C\C/C=C\C/C=C\CCC(=O)OC(COC(=O)CCCCCCC/C=C\C/C=C\CCC)COP(=O)(O)OCC(CO)OC(=O)CCCCCCCCCCCCCCCCCCCCC. The molecule has 2 N–H and O–H groups in total. The van der Waals surface area contributed by atoms with Gasteiger partial charge in [0.2, 0.25) is 0 Å². The number of aliphatic hydroxyl groups is 1. The molecule has 3 unspecified atom stereocenters. The molecule has 0 rings (SSSR count). The van der Waals surface area contributed by atoms with Gasteiger partial charge in [0, 0.05) is 19.3 Å². The number of esters is 3. The van der Waals surface area contributed by atoms with E-state index in [9.17, 15) is 28.9 Å². The van der Waals surface area contributed by atoms with Crippen molar-refractivity contribution < 1.29 is 52.2 Å². The van der Waals surface area contributed by atoms with Crippen molar-refractivity contribution in [1.82, 2.24) is 0 Å². The van der Waals surface area contributed by atoms with E-state index < -0.39 is 57.8 Å². The molecule has 0 amide bonds. The molecule has 78 heavy (non-hydrogen) atoms. The molecule has 0 aliphatic rings. The Hall–Kier alpha value is -3.60. The second-order valence-electron chi connectivity index (χ2n) is 20.5. The monoisotopic (exact) mass is 1110 g/mol. The molecular weight excluding hydrogens is 1000 g/mol. The number of allylic oxidation sites excluding steroid dienone is 16. The molecular formula is C66H113O11P. The molecule has 448 valence electrons. The molecule has 0 aromatic rings. The van der Waals surface area contributed by atoms with Crippen LogP contribution in [0.1, 0.15) is 265 Å². The van der Waals surface area contributed by atoms with Crippen molar-refractivity contribution in [2.24, 2.45) is 0 Å². The number of unbranched alkanes of at least 4 members (excludes halogenated alkanes) is 24. The number of rotatable bonds is 57. The van der Waals surface area contributed by atoms with Gasteiger partial charge < -0.3 is 24.2 Å². The second kappa shape index (κ2) is 59.5. The molecule has 0 aromatic heterocycles. The van der Waals surface area contributed by atoms with Crippen molar-refractivity contribution in [1.29, 1.82) is 0 Å². The summed E-state index contributed by atoms with van der Waals surface area (Å²) in [6.45, 7) is 4.39. The number of aliphatic hydroxyl groups excluding tert-OH is 1. The predicted molar refractivity (Wildman–Crippen MR) is 325 cm³/mol. The van der Waals surface area contributed by atoms with Gasteiger partial charge in [-0.2, -0.15) is 0 Å². The fourth-order valence-electron chi connectivity index (χ4n) is 8.30. The van der Waals surface area contributed by atoms with Crippen LogP contribution in [0.3, 0.4) is 0 Å². The second-order valence-corrected chi connectivity index (χ2v) is 21.9. The summed E-state index contributed by atoms with van der Waals surface area (Å²) < 4.78 is 39.5. The fraction of sp³-hybridized carbons (Fsp3) is 0.712. The summed E-state index contributed by atoms with van der Waals surface area (Å²) in [6, 6.07) is 0. The Morgan fingerprint density at radius 3 is 1.15 bits per heavy atom. The molecule has 0 radical (unpaired) electrons. The van der Waals surface area contributed by atoms with E-state index in [-0.39, 0.29) is 25.9 Å². The van der Waals surface area contributed by atoms with Gasteiger partial charge in [-0.1, -0.05) is 259 Å². The first kappa shape index (κ1) is 74.4. The number of hydrogen-bond donors (Lipinski definition) is 2. The Kier molecular flexibility index (Phi) is 56.8. The first-order chi connectivity index (χ1) is 38.2. The standard InChI is InChI=1S/C66H113O11P/c1-4-7-10-13-16-19-22-25-27-29-31-33-35-38-41-44-47-50-53-56-65(69)76-62(58-67)60-74-78(71,72)75-61-63(59-73-64(68)55-52-49-46-43-40-37-24-21-18-15-12-9-6-3)77-66(70)57-54-51-48-45-42-39-36-34-32-30-28-26-23-20-17-14-11-8-5-2/h8,11-12,15,17,20-21,24,26,28,32,34,39,42,48,51,62-63,67H,4-7,9-10,13-14,16,18-19,22-23,25,27,29-31,33,35-38,40-41,43-47,49-50,52-61H2,1-3H3,(H,71,72)/b11-8-,15-12-,20-17-,24-21-,28-26-,34-32-,42-39-,51-48-. The van der Waals surface area contributed by atoms with E-state index in [4.69, 9.17) is 23.3 Å². The lowest BCUT2D eigenvalue weighted by molar-refractivity contribution is -0.161. The molecule has 0 spiro atoms. The van der Waals surface area contributed by atoms with Gasteiger partial charge in [0.25, 0.3) is 0 Å². The molecule has 3 atom stereocenters. The van der Waals surface area contributed by atoms with E-state index in [1.54, 1.807) is 0 Å². The Labute approximate surface area is 476 Å². The largest absolute Gasteiger partial charge is 0.472 e.